The molecule has 0 aromatic rings. The van der Waals surface area contributed by atoms with Crippen molar-refractivity contribution in [1.82, 2.24) is 0 Å². The molecule has 0 fully saturated rings. The van der Waals surface area contributed by atoms with Crippen LogP contribution in [0.15, 0.2) is 0 Å². The van der Waals surface area contributed by atoms with Crippen LogP contribution in [0, 0.1) is 12.0 Å². The van der Waals surface area contributed by atoms with Crippen LogP contribution in [0.25, 0.3) is 0 Å². The molecule has 8 heavy (non-hydrogen) atoms. The van der Waals surface area contributed by atoms with Crippen molar-refractivity contribution in [1.29, 1.82) is 0 Å². The quantitative estimate of drug-likeness (QED) is 0.453. The Labute approximate surface area is 50.4 Å². The molecular formula is C6H13O2. The van der Waals surface area contributed by atoms with Crippen molar-refractivity contribution in [3.8, 4) is 0 Å². The summed E-state index contributed by atoms with van der Waals surface area (Å²) >= 11 is 0. The molecule has 0 saturated heterocycles. The molecule has 0 aromatic heterocycles. The second-order valence-corrected chi connectivity index (χ2v) is 2.39. The number of rotatable bonds is 3. The van der Waals surface area contributed by atoms with Crippen molar-refractivity contribution in [2.75, 3.05) is 0 Å². The van der Waals surface area contributed by atoms with Gasteiger partial charge in [0.05, 0.1) is 0 Å². The molecule has 49 valence electrons. The minimum atomic E-state index is 0.558. The smallest absolute Gasteiger partial charge is 0.132 e. The first-order chi connectivity index (χ1) is 3.66. The molecule has 2 heteroatoms. The second-order valence-electron chi connectivity index (χ2n) is 2.39. The van der Waals surface area contributed by atoms with Crippen LogP contribution in [0.3, 0.4) is 0 Å². The van der Waals surface area contributed by atoms with Crippen LogP contribution in [-0.4, -0.2) is 5.26 Å². The maximum Gasteiger partial charge on any atom is 0.132 e. The van der Waals surface area contributed by atoms with Gasteiger partial charge < -0.3 is 0 Å². The lowest BCUT2D eigenvalue weighted by Gasteiger charge is -2.07. The van der Waals surface area contributed by atoms with Crippen LogP contribution >= 0.6 is 0 Å². The van der Waals surface area contributed by atoms with E-state index in [4.69, 9.17) is 5.26 Å². The molecule has 0 heterocycles. The minimum Gasteiger partial charge on any atom is -0.251 e. The third-order valence-electron chi connectivity index (χ3n) is 0.852. The van der Waals surface area contributed by atoms with Crippen LogP contribution < -0.4 is 0 Å². The topological polar surface area (TPSA) is 29.5 Å². The third kappa shape index (κ3) is 4.09. The van der Waals surface area contributed by atoms with E-state index in [-0.39, 0.29) is 0 Å². The van der Waals surface area contributed by atoms with Crippen molar-refractivity contribution in [3.05, 3.63) is 6.10 Å². The van der Waals surface area contributed by atoms with Crippen LogP contribution in [0.5, 0.6) is 0 Å². The molecular weight excluding hydrogens is 104 g/mol. The van der Waals surface area contributed by atoms with Crippen molar-refractivity contribution in [2.24, 2.45) is 5.92 Å². The van der Waals surface area contributed by atoms with Crippen LogP contribution in [0.4, 0.5) is 0 Å². The number of hydrogen-bond acceptors (Lipinski definition) is 2. The Morgan fingerprint density at radius 2 is 2.12 bits per heavy atom. The predicted octanol–water partition coefficient (Wildman–Crippen LogP) is 2.07. The fraction of sp³-hybridized carbons (Fsp3) is 0.833. The van der Waals surface area contributed by atoms with Crippen LogP contribution in [0.1, 0.15) is 27.2 Å². The first-order valence-electron chi connectivity index (χ1n) is 2.80. The summed E-state index contributed by atoms with van der Waals surface area (Å²) in [6, 6.07) is 0. The van der Waals surface area contributed by atoms with E-state index in [2.05, 4.69) is 18.7 Å². The highest BCUT2D eigenvalue weighted by molar-refractivity contribution is 4.69. The SMILES string of the molecule is C[C](CC(C)C)OO. The highest BCUT2D eigenvalue weighted by Crippen LogP contribution is 2.11. The maximum atomic E-state index is 8.05. The Bertz CT molecular complexity index is 52.5. The van der Waals surface area contributed by atoms with Crippen molar-refractivity contribution in [3.63, 3.8) is 0 Å². The molecule has 0 aliphatic rings. The zero-order valence-electron chi connectivity index (χ0n) is 5.64. The Balaban J connectivity index is 3.10. The first-order valence-corrected chi connectivity index (χ1v) is 2.80. The fourth-order valence-corrected chi connectivity index (χ4v) is 0.612. The van der Waals surface area contributed by atoms with Crippen LogP contribution in [-0.2, 0) is 4.89 Å². The maximum absolute atomic E-state index is 8.05. The van der Waals surface area contributed by atoms with E-state index >= 15 is 0 Å². The molecule has 0 aliphatic carbocycles. The summed E-state index contributed by atoms with van der Waals surface area (Å²) in [6.07, 6.45) is 1.51. The summed E-state index contributed by atoms with van der Waals surface area (Å²) in [5.41, 5.74) is 0. The molecule has 0 aliphatic heterocycles. The lowest BCUT2D eigenvalue weighted by molar-refractivity contribution is -0.235. The number of hydrogen-bond donors (Lipinski definition) is 1. The van der Waals surface area contributed by atoms with E-state index in [1.165, 1.54) is 0 Å². The first kappa shape index (κ1) is 7.92. The van der Waals surface area contributed by atoms with Gasteiger partial charge in [0.15, 0.2) is 0 Å². The molecule has 0 bridgehead atoms. The van der Waals surface area contributed by atoms with Gasteiger partial charge in [-0.3, -0.25) is 5.26 Å². The standard InChI is InChI=1S/C6H13O2/c1-5(2)4-6(3)8-7/h5,7H,4H2,1-3H3. The minimum absolute atomic E-state index is 0.558. The molecule has 1 N–H and O–H groups in total. The summed E-state index contributed by atoms with van der Waals surface area (Å²) in [7, 11) is 0. The van der Waals surface area contributed by atoms with Gasteiger partial charge in [-0.2, -0.15) is 0 Å². The Morgan fingerprint density at radius 3 is 2.25 bits per heavy atom. The van der Waals surface area contributed by atoms with E-state index in [9.17, 15) is 0 Å². The summed E-state index contributed by atoms with van der Waals surface area (Å²) in [4.78, 5) is 3.98. The highest BCUT2D eigenvalue weighted by Gasteiger charge is 2.04. The Hall–Kier alpha value is -0.0800. The monoisotopic (exact) mass is 117 g/mol. The highest BCUT2D eigenvalue weighted by atomic mass is 17.1. The largest absolute Gasteiger partial charge is 0.251 e. The summed E-state index contributed by atoms with van der Waals surface area (Å²) in [6.45, 7) is 5.91. The molecule has 0 unspecified atom stereocenters. The van der Waals surface area contributed by atoms with Gasteiger partial charge in [-0.1, -0.05) is 13.8 Å². The van der Waals surface area contributed by atoms with Gasteiger partial charge in [0.2, 0.25) is 0 Å². The summed E-state index contributed by atoms with van der Waals surface area (Å²) in [5.74, 6) is 0.558. The molecule has 0 aromatic carbocycles. The zero-order chi connectivity index (χ0) is 6.57. The van der Waals surface area contributed by atoms with Crippen molar-refractivity contribution < 1.29 is 10.1 Å². The Morgan fingerprint density at radius 1 is 1.62 bits per heavy atom. The van der Waals surface area contributed by atoms with Gasteiger partial charge in [-0.05, 0) is 19.3 Å². The molecule has 1 radical (unpaired) electrons. The molecule has 2 nitrogen and oxygen atoms in total. The van der Waals surface area contributed by atoms with E-state index in [0.29, 0.717) is 12.0 Å². The normalized spacial score (nSPS) is 11.2. The van der Waals surface area contributed by atoms with Gasteiger partial charge in [-0.25, -0.2) is 4.89 Å². The molecule has 0 spiro atoms. The summed E-state index contributed by atoms with van der Waals surface area (Å²) < 4.78 is 0. The average Bonchev–Trinajstić information content (AvgIpc) is 1.65. The van der Waals surface area contributed by atoms with Gasteiger partial charge in [-0.15, -0.1) is 0 Å². The van der Waals surface area contributed by atoms with Crippen molar-refractivity contribution >= 4 is 0 Å². The van der Waals surface area contributed by atoms with Crippen molar-refractivity contribution in [2.45, 2.75) is 27.2 Å². The molecule has 0 amide bonds. The third-order valence-corrected chi connectivity index (χ3v) is 0.852. The lowest BCUT2D eigenvalue weighted by Crippen LogP contribution is -1.99. The van der Waals surface area contributed by atoms with E-state index < -0.39 is 0 Å². The zero-order valence-corrected chi connectivity index (χ0v) is 5.64. The fourth-order valence-electron chi connectivity index (χ4n) is 0.612. The van der Waals surface area contributed by atoms with Crippen LogP contribution in [0.2, 0.25) is 0 Å². The summed E-state index contributed by atoms with van der Waals surface area (Å²) in [5, 5.41) is 8.05. The van der Waals surface area contributed by atoms with E-state index in [1.54, 1.807) is 6.92 Å². The molecule has 0 rings (SSSR count). The van der Waals surface area contributed by atoms with Gasteiger partial charge in [0.1, 0.15) is 6.10 Å². The molecule has 0 atom stereocenters. The van der Waals surface area contributed by atoms with Gasteiger partial charge >= 0.3 is 0 Å². The second kappa shape index (κ2) is 3.87. The Kier molecular flexibility index (Phi) is 3.83. The lowest BCUT2D eigenvalue weighted by atomic mass is 10.1. The molecule has 0 saturated carbocycles. The average molecular weight is 117 g/mol. The van der Waals surface area contributed by atoms with Gasteiger partial charge in [0.25, 0.3) is 0 Å². The predicted molar refractivity (Wildman–Crippen MR) is 32.1 cm³/mol. The van der Waals surface area contributed by atoms with Gasteiger partial charge in [0, 0.05) is 0 Å². The van der Waals surface area contributed by atoms with E-state index in [0.717, 1.165) is 6.42 Å². The van der Waals surface area contributed by atoms with E-state index in [1.807, 2.05) is 0 Å².